The van der Waals surface area contributed by atoms with Crippen molar-refractivity contribution in [2.45, 2.75) is 50.0 Å². The molecular weight excluding hydrogens is 275 g/mol. The van der Waals surface area contributed by atoms with Gasteiger partial charge in [0.1, 0.15) is 0 Å². The van der Waals surface area contributed by atoms with Gasteiger partial charge in [-0.2, -0.15) is 0 Å². The van der Waals surface area contributed by atoms with Gasteiger partial charge in [0.05, 0.1) is 6.10 Å². The third-order valence-electron chi connectivity index (χ3n) is 4.76. The van der Waals surface area contributed by atoms with Crippen LogP contribution in [-0.2, 0) is 9.30 Å². The van der Waals surface area contributed by atoms with Gasteiger partial charge in [0, 0.05) is 0 Å². The molecule has 1 heterocycles. The Morgan fingerprint density at radius 3 is 2.55 bits per heavy atom. The minimum atomic E-state index is -4.27. The van der Waals surface area contributed by atoms with Crippen LogP contribution in [0.25, 0.3) is 0 Å². The molecule has 4 nitrogen and oxygen atoms in total. The normalized spacial score (nSPS) is 34.5. The van der Waals surface area contributed by atoms with Crippen molar-refractivity contribution in [3.8, 4) is 0 Å². The fourth-order valence-electron chi connectivity index (χ4n) is 3.74. The van der Waals surface area contributed by atoms with Gasteiger partial charge in [0.2, 0.25) is 0 Å². The number of hydrogen-bond acceptors (Lipinski definition) is 2. The Bertz CT molecular complexity index is 512. The monoisotopic (exact) mass is 296 g/mol. The van der Waals surface area contributed by atoms with E-state index in [1.54, 1.807) is 0 Å². The molecule has 20 heavy (non-hydrogen) atoms. The van der Waals surface area contributed by atoms with Gasteiger partial charge in [-0.05, 0) is 43.6 Å². The Hall–Kier alpha value is -0.670. The van der Waals surface area contributed by atoms with Gasteiger partial charge in [-0.3, -0.25) is 4.57 Å². The van der Waals surface area contributed by atoms with Gasteiger partial charge in [-0.1, -0.05) is 36.8 Å². The number of rotatable bonds is 2. The fourth-order valence-corrected chi connectivity index (χ4v) is 5.18. The van der Waals surface area contributed by atoms with Gasteiger partial charge < -0.3 is 14.5 Å². The van der Waals surface area contributed by atoms with Crippen molar-refractivity contribution >= 4 is 7.60 Å². The van der Waals surface area contributed by atoms with Crippen LogP contribution in [0.1, 0.15) is 50.2 Å². The predicted octanol–water partition coefficient (Wildman–Crippen LogP) is 3.60. The Morgan fingerprint density at radius 1 is 1.10 bits per heavy atom. The number of benzene rings is 1. The maximum atomic E-state index is 12.1. The highest BCUT2D eigenvalue weighted by Crippen LogP contribution is 2.65. The second kappa shape index (κ2) is 5.27. The second-order valence-corrected chi connectivity index (χ2v) is 7.77. The summed E-state index contributed by atoms with van der Waals surface area (Å²) in [7, 11) is -4.27. The molecule has 2 fully saturated rings. The van der Waals surface area contributed by atoms with Gasteiger partial charge in [0.15, 0.2) is 5.34 Å². The third kappa shape index (κ3) is 2.35. The SMILES string of the molecule is O=P(O)(O)C12CCCCC1CCC(c1ccccc1)O2. The Kier molecular flexibility index (Phi) is 3.76. The minimum absolute atomic E-state index is 0.00274. The van der Waals surface area contributed by atoms with E-state index < -0.39 is 12.9 Å². The second-order valence-electron chi connectivity index (χ2n) is 5.93. The molecule has 1 aromatic carbocycles. The van der Waals surface area contributed by atoms with Crippen LogP contribution < -0.4 is 0 Å². The quantitative estimate of drug-likeness (QED) is 0.818. The van der Waals surface area contributed by atoms with Gasteiger partial charge in [-0.25, -0.2) is 0 Å². The molecule has 5 heteroatoms. The molecule has 3 rings (SSSR count). The molecule has 0 radical (unpaired) electrons. The van der Waals surface area contributed by atoms with Crippen LogP contribution in [0.3, 0.4) is 0 Å². The molecule has 3 unspecified atom stereocenters. The zero-order chi connectivity index (χ0) is 14.2. The van der Waals surface area contributed by atoms with E-state index in [1.165, 1.54) is 0 Å². The largest absolute Gasteiger partial charge is 0.357 e. The summed E-state index contributed by atoms with van der Waals surface area (Å²) >= 11 is 0. The zero-order valence-corrected chi connectivity index (χ0v) is 12.3. The van der Waals surface area contributed by atoms with E-state index in [9.17, 15) is 14.4 Å². The maximum absolute atomic E-state index is 12.1. The summed E-state index contributed by atoms with van der Waals surface area (Å²) in [5.74, 6) is -0.00274. The summed E-state index contributed by atoms with van der Waals surface area (Å²) in [6.07, 6.45) is 4.71. The first-order chi connectivity index (χ1) is 9.53. The van der Waals surface area contributed by atoms with Crippen molar-refractivity contribution in [3.05, 3.63) is 35.9 Å². The van der Waals surface area contributed by atoms with Crippen molar-refractivity contribution in [2.75, 3.05) is 0 Å². The van der Waals surface area contributed by atoms with Crippen LogP contribution in [0.15, 0.2) is 30.3 Å². The standard InChI is InChI=1S/C15H21O4P/c16-20(17,18)15-11-5-4-8-13(15)9-10-14(19-15)12-6-2-1-3-7-12/h1-3,6-7,13-14H,4-5,8-11H2,(H2,16,17,18). The van der Waals surface area contributed by atoms with Crippen LogP contribution in [0.2, 0.25) is 0 Å². The third-order valence-corrected chi connectivity index (χ3v) is 6.44. The lowest BCUT2D eigenvalue weighted by molar-refractivity contribution is -0.141. The highest BCUT2D eigenvalue weighted by Gasteiger charge is 2.57. The van der Waals surface area contributed by atoms with E-state index in [2.05, 4.69) is 0 Å². The molecule has 0 spiro atoms. The fraction of sp³-hybridized carbons (Fsp3) is 0.600. The summed E-state index contributed by atoms with van der Waals surface area (Å²) < 4.78 is 18.2. The first kappa shape index (κ1) is 14.3. The molecule has 2 aliphatic rings. The molecule has 0 amide bonds. The van der Waals surface area contributed by atoms with E-state index in [4.69, 9.17) is 4.74 Å². The number of hydrogen-bond donors (Lipinski definition) is 2. The lowest BCUT2D eigenvalue weighted by atomic mass is 9.79. The number of fused-ring (bicyclic) bond motifs is 1. The molecule has 1 aromatic rings. The number of ether oxygens (including phenoxy) is 1. The average Bonchev–Trinajstić information content (AvgIpc) is 2.46. The lowest BCUT2D eigenvalue weighted by Gasteiger charge is -2.49. The van der Waals surface area contributed by atoms with Crippen LogP contribution in [-0.4, -0.2) is 15.1 Å². The van der Waals surface area contributed by atoms with E-state index in [-0.39, 0.29) is 12.0 Å². The Balaban J connectivity index is 1.92. The van der Waals surface area contributed by atoms with Crippen LogP contribution >= 0.6 is 7.60 Å². The molecule has 1 saturated carbocycles. The topological polar surface area (TPSA) is 66.8 Å². The van der Waals surface area contributed by atoms with Gasteiger partial charge in [0.25, 0.3) is 0 Å². The highest BCUT2D eigenvalue weighted by molar-refractivity contribution is 7.53. The first-order valence-corrected chi connectivity index (χ1v) is 8.92. The highest BCUT2D eigenvalue weighted by atomic mass is 31.2. The summed E-state index contributed by atoms with van der Waals surface area (Å²) in [4.78, 5) is 19.8. The molecule has 0 bridgehead atoms. The molecule has 1 aliphatic heterocycles. The summed E-state index contributed by atoms with van der Waals surface area (Å²) in [6, 6.07) is 9.77. The molecule has 2 N–H and O–H groups in total. The Morgan fingerprint density at radius 2 is 1.85 bits per heavy atom. The van der Waals surface area contributed by atoms with Gasteiger partial charge in [-0.15, -0.1) is 0 Å². The maximum Gasteiger partial charge on any atom is 0.357 e. The van der Waals surface area contributed by atoms with Crippen molar-refractivity contribution in [1.82, 2.24) is 0 Å². The van der Waals surface area contributed by atoms with Crippen LogP contribution in [0.4, 0.5) is 0 Å². The van der Waals surface area contributed by atoms with Gasteiger partial charge >= 0.3 is 7.60 Å². The summed E-state index contributed by atoms with van der Waals surface area (Å²) in [6.45, 7) is 0. The summed E-state index contributed by atoms with van der Waals surface area (Å²) in [5, 5.41) is -1.25. The summed E-state index contributed by atoms with van der Waals surface area (Å²) in [5.41, 5.74) is 1.02. The molecule has 1 saturated heterocycles. The van der Waals surface area contributed by atoms with Crippen molar-refractivity contribution in [2.24, 2.45) is 5.92 Å². The molecule has 3 atom stereocenters. The molecule has 1 aliphatic carbocycles. The first-order valence-electron chi connectivity index (χ1n) is 7.31. The predicted molar refractivity (Wildman–Crippen MR) is 76.2 cm³/mol. The van der Waals surface area contributed by atoms with Crippen molar-refractivity contribution in [3.63, 3.8) is 0 Å². The van der Waals surface area contributed by atoms with Crippen LogP contribution in [0, 0.1) is 5.92 Å². The van der Waals surface area contributed by atoms with E-state index >= 15 is 0 Å². The minimum Gasteiger partial charge on any atom is -0.354 e. The molecule has 110 valence electrons. The van der Waals surface area contributed by atoms with Crippen molar-refractivity contribution < 1.29 is 19.1 Å². The zero-order valence-electron chi connectivity index (χ0n) is 11.4. The van der Waals surface area contributed by atoms with E-state index in [0.29, 0.717) is 6.42 Å². The molecule has 0 aromatic heterocycles. The Labute approximate surface area is 119 Å². The van der Waals surface area contributed by atoms with Crippen molar-refractivity contribution in [1.29, 1.82) is 0 Å². The smallest absolute Gasteiger partial charge is 0.354 e. The lowest BCUT2D eigenvalue weighted by Crippen LogP contribution is -2.47. The average molecular weight is 296 g/mol. The van der Waals surface area contributed by atoms with Crippen LogP contribution in [0.5, 0.6) is 0 Å². The van der Waals surface area contributed by atoms with E-state index in [1.807, 2.05) is 30.3 Å². The van der Waals surface area contributed by atoms with E-state index in [0.717, 1.165) is 37.7 Å². The molecular formula is C15H21O4P.